The number of hydrogen-bond acceptors (Lipinski definition) is 3. The summed E-state index contributed by atoms with van der Waals surface area (Å²) < 4.78 is 2.28. The van der Waals surface area contributed by atoms with Crippen LogP contribution in [0.5, 0.6) is 0 Å². The van der Waals surface area contributed by atoms with Crippen molar-refractivity contribution < 1.29 is 0 Å². The van der Waals surface area contributed by atoms with Crippen molar-refractivity contribution in [2.24, 2.45) is 0 Å². The highest BCUT2D eigenvalue weighted by atomic mass is 32.2. The van der Waals surface area contributed by atoms with E-state index in [1.165, 1.54) is 23.8 Å². The summed E-state index contributed by atoms with van der Waals surface area (Å²) in [7, 11) is 0. The second kappa shape index (κ2) is 8.59. The van der Waals surface area contributed by atoms with Gasteiger partial charge in [0.2, 0.25) is 0 Å². The zero-order valence-corrected chi connectivity index (χ0v) is 12.1. The molecule has 0 aliphatic heterocycles. The Bertz CT molecular complexity index is 299. The SMILES string of the molecule is CCCn1ccnc1CC(CSCC)NCC. The van der Waals surface area contributed by atoms with Gasteiger partial charge in [-0.2, -0.15) is 11.8 Å². The molecule has 0 bridgehead atoms. The summed E-state index contributed by atoms with van der Waals surface area (Å²) in [6, 6.07) is 0.544. The van der Waals surface area contributed by atoms with Crippen LogP contribution in [-0.2, 0) is 13.0 Å². The number of thioether (sulfide) groups is 1. The van der Waals surface area contributed by atoms with E-state index < -0.39 is 0 Å². The molecule has 1 atom stereocenters. The molecule has 1 aromatic heterocycles. The predicted octanol–water partition coefficient (Wildman–Crippen LogP) is 2.57. The van der Waals surface area contributed by atoms with E-state index >= 15 is 0 Å². The van der Waals surface area contributed by atoms with Gasteiger partial charge in [0, 0.05) is 37.2 Å². The van der Waals surface area contributed by atoms with E-state index in [2.05, 4.69) is 41.8 Å². The van der Waals surface area contributed by atoms with Crippen molar-refractivity contribution >= 4 is 11.8 Å². The average molecular weight is 255 g/mol. The van der Waals surface area contributed by atoms with Gasteiger partial charge in [-0.15, -0.1) is 0 Å². The van der Waals surface area contributed by atoms with E-state index in [9.17, 15) is 0 Å². The number of rotatable bonds is 9. The third-order valence-electron chi connectivity index (χ3n) is 2.71. The van der Waals surface area contributed by atoms with Crippen LogP contribution in [-0.4, -0.2) is 33.6 Å². The summed E-state index contributed by atoms with van der Waals surface area (Å²) >= 11 is 2.00. The van der Waals surface area contributed by atoms with Crippen LogP contribution in [0.3, 0.4) is 0 Å². The molecule has 1 unspecified atom stereocenters. The van der Waals surface area contributed by atoms with Crippen molar-refractivity contribution in [1.29, 1.82) is 0 Å². The molecular weight excluding hydrogens is 230 g/mol. The lowest BCUT2D eigenvalue weighted by atomic mass is 10.2. The van der Waals surface area contributed by atoms with Gasteiger partial charge in [0.05, 0.1) is 0 Å². The Kier molecular flexibility index (Phi) is 7.37. The monoisotopic (exact) mass is 255 g/mol. The molecule has 0 saturated heterocycles. The van der Waals surface area contributed by atoms with E-state index in [1.807, 2.05) is 18.0 Å². The standard InChI is InChI=1S/C13H25N3S/c1-4-8-16-9-7-15-13(16)10-12(14-5-2)11-17-6-3/h7,9,12,14H,4-6,8,10-11H2,1-3H3. The van der Waals surface area contributed by atoms with E-state index in [0.717, 1.165) is 19.5 Å². The van der Waals surface area contributed by atoms with Gasteiger partial charge in [0.25, 0.3) is 0 Å². The Hall–Kier alpha value is -0.480. The highest BCUT2D eigenvalue weighted by molar-refractivity contribution is 7.99. The summed E-state index contributed by atoms with van der Waals surface area (Å²) in [5.74, 6) is 3.57. The smallest absolute Gasteiger partial charge is 0.110 e. The maximum Gasteiger partial charge on any atom is 0.110 e. The van der Waals surface area contributed by atoms with Crippen LogP contribution in [0.2, 0.25) is 0 Å². The normalized spacial score (nSPS) is 12.9. The quantitative estimate of drug-likeness (QED) is 0.735. The lowest BCUT2D eigenvalue weighted by Gasteiger charge is -2.17. The van der Waals surface area contributed by atoms with Crippen LogP contribution < -0.4 is 5.32 Å². The van der Waals surface area contributed by atoms with Gasteiger partial charge in [0.15, 0.2) is 0 Å². The molecule has 0 amide bonds. The van der Waals surface area contributed by atoms with Gasteiger partial charge in [-0.3, -0.25) is 0 Å². The highest BCUT2D eigenvalue weighted by Crippen LogP contribution is 2.08. The lowest BCUT2D eigenvalue weighted by molar-refractivity contribution is 0.534. The fraction of sp³-hybridized carbons (Fsp3) is 0.769. The second-order valence-corrected chi connectivity index (χ2v) is 5.47. The maximum absolute atomic E-state index is 4.48. The molecule has 0 fully saturated rings. The van der Waals surface area contributed by atoms with Gasteiger partial charge in [-0.1, -0.05) is 20.8 Å². The summed E-state index contributed by atoms with van der Waals surface area (Å²) in [6.07, 6.45) is 6.21. The van der Waals surface area contributed by atoms with Gasteiger partial charge < -0.3 is 9.88 Å². The number of hydrogen-bond donors (Lipinski definition) is 1. The molecule has 1 aromatic rings. The minimum atomic E-state index is 0.544. The fourth-order valence-corrected chi connectivity index (χ4v) is 2.69. The van der Waals surface area contributed by atoms with E-state index in [4.69, 9.17) is 0 Å². The third-order valence-corrected chi connectivity index (χ3v) is 3.76. The number of aryl methyl sites for hydroxylation is 1. The van der Waals surface area contributed by atoms with E-state index in [1.54, 1.807) is 0 Å². The van der Waals surface area contributed by atoms with Gasteiger partial charge >= 0.3 is 0 Å². The van der Waals surface area contributed by atoms with Crippen LogP contribution in [0.4, 0.5) is 0 Å². The minimum absolute atomic E-state index is 0.544. The van der Waals surface area contributed by atoms with Crippen molar-refractivity contribution in [3.8, 4) is 0 Å². The van der Waals surface area contributed by atoms with Crippen LogP contribution >= 0.6 is 11.8 Å². The zero-order valence-electron chi connectivity index (χ0n) is 11.3. The zero-order chi connectivity index (χ0) is 12.5. The lowest BCUT2D eigenvalue weighted by Crippen LogP contribution is -2.34. The molecule has 17 heavy (non-hydrogen) atoms. The molecule has 0 radical (unpaired) electrons. The highest BCUT2D eigenvalue weighted by Gasteiger charge is 2.11. The Labute approximate surface area is 109 Å². The average Bonchev–Trinajstić information content (AvgIpc) is 2.74. The summed E-state index contributed by atoms with van der Waals surface area (Å²) in [6.45, 7) is 8.70. The number of imidazole rings is 1. The molecule has 0 saturated carbocycles. The molecule has 0 spiro atoms. The van der Waals surface area contributed by atoms with Gasteiger partial charge in [0.1, 0.15) is 5.82 Å². The first-order chi connectivity index (χ1) is 8.31. The van der Waals surface area contributed by atoms with Crippen molar-refractivity contribution in [2.75, 3.05) is 18.1 Å². The minimum Gasteiger partial charge on any atom is -0.335 e. The first-order valence-electron chi connectivity index (χ1n) is 6.62. The molecule has 1 N–H and O–H groups in total. The van der Waals surface area contributed by atoms with E-state index in [-0.39, 0.29) is 0 Å². The largest absolute Gasteiger partial charge is 0.335 e. The van der Waals surface area contributed by atoms with Crippen molar-refractivity contribution in [1.82, 2.24) is 14.9 Å². The second-order valence-electron chi connectivity index (χ2n) is 4.16. The van der Waals surface area contributed by atoms with Crippen LogP contribution in [0.15, 0.2) is 12.4 Å². The summed E-state index contributed by atoms with van der Waals surface area (Å²) in [5, 5.41) is 3.55. The molecule has 3 nitrogen and oxygen atoms in total. The van der Waals surface area contributed by atoms with E-state index in [0.29, 0.717) is 6.04 Å². The van der Waals surface area contributed by atoms with Crippen LogP contribution in [0, 0.1) is 0 Å². The Morgan fingerprint density at radius 3 is 2.88 bits per heavy atom. The Morgan fingerprint density at radius 2 is 2.24 bits per heavy atom. The molecule has 4 heteroatoms. The molecule has 1 rings (SSSR count). The van der Waals surface area contributed by atoms with Crippen molar-refractivity contribution in [3.63, 3.8) is 0 Å². The summed E-state index contributed by atoms with van der Waals surface area (Å²) in [4.78, 5) is 4.48. The molecular formula is C13H25N3S. The number of nitrogens with zero attached hydrogens (tertiary/aromatic N) is 2. The van der Waals surface area contributed by atoms with Crippen molar-refractivity contribution in [3.05, 3.63) is 18.2 Å². The number of likely N-dealkylation sites (N-methyl/N-ethyl adjacent to an activating group) is 1. The molecule has 98 valence electrons. The fourth-order valence-electron chi connectivity index (χ4n) is 1.93. The Balaban J connectivity index is 2.54. The first kappa shape index (κ1) is 14.6. The first-order valence-corrected chi connectivity index (χ1v) is 7.78. The van der Waals surface area contributed by atoms with Crippen LogP contribution in [0.25, 0.3) is 0 Å². The maximum atomic E-state index is 4.48. The van der Waals surface area contributed by atoms with Gasteiger partial charge in [-0.05, 0) is 18.7 Å². The Morgan fingerprint density at radius 1 is 1.41 bits per heavy atom. The van der Waals surface area contributed by atoms with Crippen molar-refractivity contribution in [2.45, 2.75) is 46.2 Å². The third kappa shape index (κ3) is 5.13. The van der Waals surface area contributed by atoms with Gasteiger partial charge in [-0.25, -0.2) is 4.98 Å². The molecule has 1 heterocycles. The molecule has 0 aromatic carbocycles. The predicted molar refractivity (Wildman–Crippen MR) is 76.7 cm³/mol. The number of nitrogens with one attached hydrogen (secondary N) is 1. The molecule has 0 aliphatic rings. The molecule has 0 aliphatic carbocycles. The topological polar surface area (TPSA) is 29.9 Å². The number of aromatic nitrogens is 2. The summed E-state index contributed by atoms with van der Waals surface area (Å²) in [5.41, 5.74) is 0. The van der Waals surface area contributed by atoms with Crippen LogP contribution in [0.1, 0.15) is 33.0 Å².